The molecule has 2 aliphatic rings. The lowest BCUT2D eigenvalue weighted by Crippen LogP contribution is -2.47. The van der Waals surface area contributed by atoms with Gasteiger partial charge in [0.05, 0.1) is 5.41 Å². The third kappa shape index (κ3) is 2.51. The molecule has 1 atom stereocenters. The van der Waals surface area contributed by atoms with Gasteiger partial charge >= 0.3 is 5.97 Å². The number of hydrogen-bond acceptors (Lipinski definition) is 3. The molecule has 5 nitrogen and oxygen atoms in total. The standard InChI is InChI=1S/C13H21NO4/c1-12(2)7-9(12)10(15)14-8-13(11(16)17)3-5-18-6-4-13/h9H,3-8H2,1-2H3,(H,14,15)(H,16,17). The van der Waals surface area contributed by atoms with Gasteiger partial charge in [0.2, 0.25) is 5.91 Å². The Morgan fingerprint density at radius 1 is 1.33 bits per heavy atom. The normalized spacial score (nSPS) is 28.4. The molecule has 0 aromatic carbocycles. The number of rotatable bonds is 4. The summed E-state index contributed by atoms with van der Waals surface area (Å²) < 4.78 is 5.20. The maximum Gasteiger partial charge on any atom is 0.311 e. The van der Waals surface area contributed by atoms with E-state index in [1.807, 2.05) is 0 Å². The lowest BCUT2D eigenvalue weighted by molar-refractivity contribution is -0.154. The molecule has 1 saturated carbocycles. The third-order valence-electron chi connectivity index (χ3n) is 4.33. The highest BCUT2D eigenvalue weighted by atomic mass is 16.5. The van der Waals surface area contributed by atoms with Crippen LogP contribution in [0, 0.1) is 16.7 Å². The molecule has 18 heavy (non-hydrogen) atoms. The van der Waals surface area contributed by atoms with E-state index < -0.39 is 11.4 Å². The minimum absolute atomic E-state index is 0.00730. The number of carboxylic acids is 1. The summed E-state index contributed by atoms with van der Waals surface area (Å²) in [4.78, 5) is 23.3. The fourth-order valence-electron chi connectivity index (χ4n) is 2.52. The number of nitrogens with one attached hydrogen (secondary N) is 1. The SMILES string of the molecule is CC1(C)CC1C(=O)NCC1(C(=O)O)CCOCC1. The second-order valence-electron chi connectivity index (χ2n) is 6.16. The van der Waals surface area contributed by atoms with E-state index >= 15 is 0 Å². The highest BCUT2D eigenvalue weighted by molar-refractivity contribution is 5.83. The van der Waals surface area contributed by atoms with Crippen molar-refractivity contribution in [2.75, 3.05) is 19.8 Å². The Morgan fingerprint density at radius 3 is 2.33 bits per heavy atom. The Balaban J connectivity index is 1.90. The Bertz CT molecular complexity index is 358. The van der Waals surface area contributed by atoms with Crippen LogP contribution in [0.3, 0.4) is 0 Å². The molecular formula is C13H21NO4. The third-order valence-corrected chi connectivity index (χ3v) is 4.33. The van der Waals surface area contributed by atoms with Gasteiger partial charge < -0.3 is 15.2 Å². The zero-order valence-electron chi connectivity index (χ0n) is 11.0. The molecule has 2 N–H and O–H groups in total. The lowest BCUT2D eigenvalue weighted by atomic mass is 9.80. The van der Waals surface area contributed by atoms with Crippen LogP contribution in [0.5, 0.6) is 0 Å². The summed E-state index contributed by atoms with van der Waals surface area (Å²) in [6, 6.07) is 0. The Hall–Kier alpha value is -1.10. The van der Waals surface area contributed by atoms with Gasteiger partial charge in [-0.3, -0.25) is 9.59 Å². The highest BCUT2D eigenvalue weighted by Gasteiger charge is 2.51. The molecule has 102 valence electrons. The van der Waals surface area contributed by atoms with Gasteiger partial charge in [-0.2, -0.15) is 0 Å². The number of ether oxygens (including phenoxy) is 1. The summed E-state index contributed by atoms with van der Waals surface area (Å²) in [6.07, 6.45) is 1.83. The van der Waals surface area contributed by atoms with Gasteiger partial charge in [-0.1, -0.05) is 13.8 Å². The fourth-order valence-corrected chi connectivity index (χ4v) is 2.52. The minimum Gasteiger partial charge on any atom is -0.481 e. The highest BCUT2D eigenvalue weighted by Crippen LogP contribution is 2.51. The zero-order valence-corrected chi connectivity index (χ0v) is 11.0. The van der Waals surface area contributed by atoms with Gasteiger partial charge in [-0.25, -0.2) is 0 Å². The van der Waals surface area contributed by atoms with Gasteiger partial charge in [0.15, 0.2) is 0 Å². The number of carbonyl (C=O) groups is 2. The average molecular weight is 255 g/mol. The zero-order chi connectivity index (χ0) is 13.4. The van der Waals surface area contributed by atoms with Crippen LogP contribution in [0.15, 0.2) is 0 Å². The summed E-state index contributed by atoms with van der Waals surface area (Å²) in [6.45, 7) is 5.24. The Labute approximate surface area is 107 Å². The first-order valence-electron chi connectivity index (χ1n) is 6.46. The maximum atomic E-state index is 11.9. The van der Waals surface area contributed by atoms with Crippen molar-refractivity contribution in [1.82, 2.24) is 5.32 Å². The van der Waals surface area contributed by atoms with E-state index in [4.69, 9.17) is 4.74 Å². The van der Waals surface area contributed by atoms with Gasteiger partial charge in [0.25, 0.3) is 0 Å². The smallest absolute Gasteiger partial charge is 0.311 e. The number of amides is 1. The molecule has 2 rings (SSSR count). The first-order valence-corrected chi connectivity index (χ1v) is 6.46. The quantitative estimate of drug-likeness (QED) is 0.786. The fraction of sp³-hybridized carbons (Fsp3) is 0.846. The van der Waals surface area contributed by atoms with E-state index in [9.17, 15) is 14.7 Å². The average Bonchev–Trinajstić information content (AvgIpc) is 2.96. The first-order chi connectivity index (χ1) is 8.37. The van der Waals surface area contributed by atoms with Crippen LogP contribution in [0.4, 0.5) is 0 Å². The van der Waals surface area contributed by atoms with Crippen molar-refractivity contribution < 1.29 is 19.4 Å². The predicted octanol–water partition coefficient (Wildman–Crippen LogP) is 1.03. The maximum absolute atomic E-state index is 11.9. The van der Waals surface area contributed by atoms with Gasteiger partial charge in [0, 0.05) is 25.7 Å². The van der Waals surface area contributed by atoms with Gasteiger partial charge in [-0.15, -0.1) is 0 Å². The molecule has 0 radical (unpaired) electrons. The molecule has 1 unspecified atom stereocenters. The summed E-state index contributed by atoms with van der Waals surface area (Å²) in [5.74, 6) is -0.795. The molecule has 1 aliphatic heterocycles. The molecule has 1 saturated heterocycles. The molecule has 1 amide bonds. The van der Waals surface area contributed by atoms with E-state index in [2.05, 4.69) is 19.2 Å². The van der Waals surface area contributed by atoms with Crippen LogP contribution in [0.2, 0.25) is 0 Å². The van der Waals surface area contributed by atoms with Gasteiger partial charge in [-0.05, 0) is 24.7 Å². The van der Waals surface area contributed by atoms with Crippen LogP contribution < -0.4 is 5.32 Å². The summed E-state index contributed by atoms with van der Waals surface area (Å²) in [7, 11) is 0. The molecular weight excluding hydrogens is 234 g/mol. The van der Waals surface area contributed by atoms with Crippen molar-refractivity contribution in [3.05, 3.63) is 0 Å². The number of aliphatic carboxylic acids is 1. The molecule has 2 fully saturated rings. The lowest BCUT2D eigenvalue weighted by Gasteiger charge is -2.33. The summed E-state index contributed by atoms with van der Waals surface area (Å²) >= 11 is 0. The monoisotopic (exact) mass is 255 g/mol. The summed E-state index contributed by atoms with van der Waals surface area (Å²) in [5.41, 5.74) is -0.761. The van der Waals surface area contributed by atoms with Crippen molar-refractivity contribution in [3.63, 3.8) is 0 Å². The van der Waals surface area contributed by atoms with Crippen molar-refractivity contribution in [1.29, 1.82) is 0 Å². The van der Waals surface area contributed by atoms with Crippen LogP contribution in [-0.2, 0) is 14.3 Å². The molecule has 0 aromatic rings. The van der Waals surface area contributed by atoms with E-state index in [1.165, 1.54) is 0 Å². The summed E-state index contributed by atoms with van der Waals surface area (Å²) in [5, 5.41) is 12.2. The number of carbonyl (C=O) groups excluding carboxylic acids is 1. The van der Waals surface area contributed by atoms with Crippen molar-refractivity contribution in [2.45, 2.75) is 33.1 Å². The molecule has 1 aliphatic carbocycles. The van der Waals surface area contributed by atoms with Crippen LogP contribution in [0.25, 0.3) is 0 Å². The largest absolute Gasteiger partial charge is 0.481 e. The van der Waals surface area contributed by atoms with Crippen molar-refractivity contribution in [3.8, 4) is 0 Å². The van der Waals surface area contributed by atoms with Crippen LogP contribution in [0.1, 0.15) is 33.1 Å². The molecule has 5 heteroatoms. The molecule has 1 heterocycles. The van der Waals surface area contributed by atoms with E-state index in [0.29, 0.717) is 26.1 Å². The Morgan fingerprint density at radius 2 is 1.89 bits per heavy atom. The van der Waals surface area contributed by atoms with Crippen LogP contribution in [-0.4, -0.2) is 36.7 Å². The van der Waals surface area contributed by atoms with E-state index in [-0.39, 0.29) is 23.8 Å². The van der Waals surface area contributed by atoms with Gasteiger partial charge in [0.1, 0.15) is 0 Å². The predicted molar refractivity (Wildman–Crippen MR) is 65.0 cm³/mol. The number of carboxylic acid groups (broad SMARTS) is 1. The second-order valence-corrected chi connectivity index (χ2v) is 6.16. The van der Waals surface area contributed by atoms with Crippen molar-refractivity contribution in [2.24, 2.45) is 16.7 Å². The minimum atomic E-state index is -0.840. The molecule has 0 aromatic heterocycles. The molecule has 0 spiro atoms. The topological polar surface area (TPSA) is 75.6 Å². The first kappa shape index (κ1) is 13.3. The number of hydrogen-bond donors (Lipinski definition) is 2. The second kappa shape index (κ2) is 4.53. The molecule has 0 bridgehead atoms. The van der Waals surface area contributed by atoms with Crippen LogP contribution >= 0.6 is 0 Å². The van der Waals surface area contributed by atoms with E-state index in [1.54, 1.807) is 0 Å². The van der Waals surface area contributed by atoms with Crippen molar-refractivity contribution >= 4 is 11.9 Å². The van der Waals surface area contributed by atoms with E-state index in [0.717, 1.165) is 6.42 Å². The Kier molecular flexibility index (Phi) is 3.36.